The number of cyclic esters (lactones) is 1. The number of phosphoric acid groups is 1. The van der Waals surface area contributed by atoms with E-state index >= 15 is 0 Å². The Morgan fingerprint density at radius 2 is 1.65 bits per heavy atom. The van der Waals surface area contributed by atoms with Gasteiger partial charge in [0.25, 0.3) is 0 Å². The number of allylic oxidation sites excluding steroid dienone is 1. The number of hydrogen-bond donors (Lipinski definition) is 7. The van der Waals surface area contributed by atoms with E-state index in [1.54, 1.807) is 0 Å². The van der Waals surface area contributed by atoms with Gasteiger partial charge in [-0.05, 0) is 19.4 Å². The van der Waals surface area contributed by atoms with Crippen LogP contribution < -0.4 is 0 Å². The fourth-order valence-corrected chi connectivity index (χ4v) is 1.12. The molecule has 0 unspecified atom stereocenters. The molecule has 0 aliphatic carbocycles. The van der Waals surface area contributed by atoms with Crippen molar-refractivity contribution in [3.05, 3.63) is 22.9 Å². The summed E-state index contributed by atoms with van der Waals surface area (Å²) in [6, 6.07) is 0. The molecular weight excluding hydrogens is 299 g/mol. The lowest BCUT2D eigenvalue weighted by Gasteiger charge is -2.17. The molecule has 7 N–H and O–H groups in total. The molecule has 0 aromatic carbocycles. The lowest BCUT2D eigenvalue weighted by molar-refractivity contribution is -0.146. The van der Waals surface area contributed by atoms with Gasteiger partial charge in [-0.15, -0.1) is 0 Å². The molecule has 0 aromatic rings. The minimum Gasteiger partial charge on any atom is -0.509 e. The van der Waals surface area contributed by atoms with E-state index in [9.17, 15) is 20.1 Å². The average Bonchev–Trinajstić information content (AvgIpc) is 2.52. The van der Waals surface area contributed by atoms with Crippen LogP contribution in [0.2, 0.25) is 0 Å². The first kappa shape index (κ1) is 18.4. The third-order valence-corrected chi connectivity index (χ3v) is 2.02. The normalized spacial score (nSPS) is 19.9. The Kier molecular flexibility index (Phi) is 6.20. The van der Waals surface area contributed by atoms with Gasteiger partial charge >= 0.3 is 13.8 Å². The van der Waals surface area contributed by atoms with Crippen molar-refractivity contribution >= 4 is 13.8 Å². The molecule has 0 aromatic heterocycles. The fraction of sp³-hybridized carbons (Fsp3) is 0.444. The monoisotopic (exact) mass is 314 g/mol. The highest BCUT2D eigenvalue weighted by atomic mass is 31.2. The molecule has 0 saturated heterocycles. The van der Waals surface area contributed by atoms with E-state index in [0.717, 1.165) is 0 Å². The Labute approximate surface area is 113 Å². The highest BCUT2D eigenvalue weighted by molar-refractivity contribution is 7.45. The van der Waals surface area contributed by atoms with Crippen molar-refractivity contribution in [2.24, 2.45) is 0 Å². The summed E-state index contributed by atoms with van der Waals surface area (Å²) < 4.78 is 13.3. The van der Waals surface area contributed by atoms with Gasteiger partial charge < -0.3 is 39.8 Å². The number of carbonyl (C=O) groups excluding carboxylic acids is 1. The van der Waals surface area contributed by atoms with Crippen LogP contribution in [0.4, 0.5) is 0 Å². The number of aliphatic hydroxyl groups is 4. The van der Waals surface area contributed by atoms with Gasteiger partial charge in [0.1, 0.15) is 5.76 Å². The molecular formula is C9H15O10P. The van der Waals surface area contributed by atoms with Crippen molar-refractivity contribution < 1.29 is 49.2 Å². The van der Waals surface area contributed by atoms with Crippen LogP contribution in [-0.4, -0.2) is 53.3 Å². The Bertz CT molecular complexity index is 475. The summed E-state index contributed by atoms with van der Waals surface area (Å²) in [5.41, 5.74) is 0.415. The molecule has 1 aliphatic rings. The van der Waals surface area contributed by atoms with Crippen LogP contribution in [0.3, 0.4) is 0 Å². The quantitative estimate of drug-likeness (QED) is 0.199. The Morgan fingerprint density at radius 1 is 1.25 bits per heavy atom. The molecule has 2 atom stereocenters. The van der Waals surface area contributed by atoms with E-state index in [0.29, 0.717) is 5.57 Å². The molecule has 1 aliphatic heterocycles. The van der Waals surface area contributed by atoms with Crippen LogP contribution in [0, 0.1) is 0 Å². The summed E-state index contributed by atoms with van der Waals surface area (Å²) >= 11 is 0. The lowest BCUT2D eigenvalue weighted by Crippen LogP contribution is -2.30. The SMILES string of the molecule is CC(C)=C(O)[C@H](O)[C@H]1OC(=O)C(O)=C1O.O=P(O)(O)O. The maximum Gasteiger partial charge on any atom is 0.466 e. The average molecular weight is 314 g/mol. The molecule has 0 amide bonds. The van der Waals surface area contributed by atoms with E-state index in [1.165, 1.54) is 13.8 Å². The molecule has 20 heavy (non-hydrogen) atoms. The van der Waals surface area contributed by atoms with E-state index in [4.69, 9.17) is 24.4 Å². The highest BCUT2D eigenvalue weighted by Crippen LogP contribution is 2.26. The smallest absolute Gasteiger partial charge is 0.466 e. The fourth-order valence-electron chi connectivity index (χ4n) is 1.12. The molecule has 11 heteroatoms. The molecule has 0 spiro atoms. The van der Waals surface area contributed by atoms with Crippen LogP contribution >= 0.6 is 7.82 Å². The summed E-state index contributed by atoms with van der Waals surface area (Å²) in [5.74, 6) is -3.26. The van der Waals surface area contributed by atoms with Crippen LogP contribution in [0.1, 0.15) is 13.8 Å². The van der Waals surface area contributed by atoms with Gasteiger partial charge in [-0.1, -0.05) is 0 Å². The summed E-state index contributed by atoms with van der Waals surface area (Å²) in [6.07, 6.45) is -3.03. The van der Waals surface area contributed by atoms with Gasteiger partial charge in [0, 0.05) is 0 Å². The van der Waals surface area contributed by atoms with Gasteiger partial charge in [0.15, 0.2) is 18.0 Å². The summed E-state index contributed by atoms with van der Waals surface area (Å²) in [4.78, 5) is 32.4. The van der Waals surface area contributed by atoms with E-state index in [1.807, 2.05) is 0 Å². The second-order valence-electron chi connectivity index (χ2n) is 3.90. The van der Waals surface area contributed by atoms with Crippen molar-refractivity contribution in [2.45, 2.75) is 26.1 Å². The lowest BCUT2D eigenvalue weighted by atomic mass is 10.1. The summed E-state index contributed by atoms with van der Waals surface area (Å²) in [5, 5.41) is 37.0. The zero-order chi connectivity index (χ0) is 16.2. The standard InChI is InChI=1S/C9H12O6.H3O4P/c1-3(2)4(10)5(11)8-6(12)7(13)9(14)15-8;1-5(2,3)4/h5,8,10-13H,1-2H3;(H3,1,2,3,4)/t5-,8+;/m0./s1. The van der Waals surface area contributed by atoms with Crippen LogP contribution in [0.25, 0.3) is 0 Å². The number of carbonyl (C=O) groups is 1. The van der Waals surface area contributed by atoms with Gasteiger partial charge in [-0.3, -0.25) is 0 Å². The van der Waals surface area contributed by atoms with Crippen LogP contribution in [0.15, 0.2) is 22.9 Å². The maximum atomic E-state index is 10.8. The van der Waals surface area contributed by atoms with E-state index in [-0.39, 0.29) is 0 Å². The molecule has 0 saturated carbocycles. The van der Waals surface area contributed by atoms with Gasteiger partial charge in [0.05, 0.1) is 0 Å². The Hall–Kier alpha value is -1.58. The molecule has 0 bridgehead atoms. The number of hydrogen-bond acceptors (Lipinski definition) is 7. The zero-order valence-electron chi connectivity index (χ0n) is 10.5. The third kappa shape index (κ3) is 5.59. The second-order valence-corrected chi connectivity index (χ2v) is 4.93. The van der Waals surface area contributed by atoms with Crippen LogP contribution in [0.5, 0.6) is 0 Å². The second kappa shape index (κ2) is 6.73. The first-order chi connectivity index (χ1) is 8.86. The van der Waals surface area contributed by atoms with Crippen molar-refractivity contribution in [3.63, 3.8) is 0 Å². The highest BCUT2D eigenvalue weighted by Gasteiger charge is 2.40. The molecule has 0 fully saturated rings. The third-order valence-electron chi connectivity index (χ3n) is 2.02. The predicted octanol–water partition coefficient (Wildman–Crippen LogP) is -0.476. The Balaban J connectivity index is 0.000000621. The molecule has 10 nitrogen and oxygen atoms in total. The van der Waals surface area contributed by atoms with Crippen molar-refractivity contribution in [1.82, 2.24) is 0 Å². The maximum absolute atomic E-state index is 10.8. The minimum absolute atomic E-state index is 0.408. The first-order valence-electron chi connectivity index (χ1n) is 5.02. The number of esters is 1. The molecule has 1 rings (SSSR count). The molecule has 0 radical (unpaired) electrons. The number of ether oxygens (including phenoxy) is 1. The number of rotatable bonds is 2. The Morgan fingerprint density at radius 3 is 1.90 bits per heavy atom. The number of aliphatic hydroxyl groups excluding tert-OH is 4. The van der Waals surface area contributed by atoms with Crippen LogP contribution in [-0.2, 0) is 14.1 Å². The summed E-state index contributed by atoms with van der Waals surface area (Å²) in [7, 11) is -4.64. The molecule has 116 valence electrons. The van der Waals surface area contributed by atoms with Crippen molar-refractivity contribution in [1.29, 1.82) is 0 Å². The zero-order valence-corrected chi connectivity index (χ0v) is 11.4. The van der Waals surface area contributed by atoms with Crippen molar-refractivity contribution in [3.8, 4) is 0 Å². The topological polar surface area (TPSA) is 185 Å². The van der Waals surface area contributed by atoms with Gasteiger partial charge in [-0.2, -0.15) is 0 Å². The van der Waals surface area contributed by atoms with E-state index in [2.05, 4.69) is 4.74 Å². The predicted molar refractivity (Wildman–Crippen MR) is 63.4 cm³/mol. The first-order valence-corrected chi connectivity index (χ1v) is 6.58. The minimum atomic E-state index is -4.64. The van der Waals surface area contributed by atoms with Gasteiger partial charge in [-0.25, -0.2) is 9.36 Å². The van der Waals surface area contributed by atoms with Crippen molar-refractivity contribution in [2.75, 3.05) is 0 Å². The molecule has 1 heterocycles. The summed E-state index contributed by atoms with van der Waals surface area (Å²) in [6.45, 7) is 3.08. The largest absolute Gasteiger partial charge is 0.509 e. The van der Waals surface area contributed by atoms with E-state index < -0.39 is 43.3 Å². The van der Waals surface area contributed by atoms with Gasteiger partial charge in [0.2, 0.25) is 5.76 Å².